The summed E-state index contributed by atoms with van der Waals surface area (Å²) in [6.45, 7) is 6.03. The molecule has 10 heteroatoms. The summed E-state index contributed by atoms with van der Waals surface area (Å²) in [6.07, 6.45) is 6.95. The average Bonchev–Trinajstić information content (AvgIpc) is 3.45. The molecule has 0 bridgehead atoms. The standard InChI is InChI=1S/C20H23ClN8O/c1-13-10-28(19-16-17(24-11-23-16)25-12-26-19)6-7-29(13)18-15(21)8-14(9-22-18)20(30)27-4-2-3-5-27/h8-9,11-13H,2-7,10H2,1H3,(H,23,24,25,26). The molecule has 1 amide bonds. The fraction of sp³-hybridized carbons (Fsp3) is 0.450. The van der Waals surface area contributed by atoms with Crippen molar-refractivity contribution < 1.29 is 4.79 Å². The minimum absolute atomic E-state index is 0.0126. The zero-order valence-electron chi connectivity index (χ0n) is 16.8. The van der Waals surface area contributed by atoms with Gasteiger partial charge in [0.15, 0.2) is 11.5 Å². The lowest BCUT2D eigenvalue weighted by Crippen LogP contribution is -2.52. The van der Waals surface area contributed by atoms with Gasteiger partial charge in [0, 0.05) is 45.0 Å². The van der Waals surface area contributed by atoms with E-state index in [4.69, 9.17) is 11.6 Å². The molecule has 0 aromatic carbocycles. The number of halogens is 1. The summed E-state index contributed by atoms with van der Waals surface area (Å²) in [6, 6.07) is 1.92. The van der Waals surface area contributed by atoms with Gasteiger partial charge in [0.25, 0.3) is 5.91 Å². The molecule has 30 heavy (non-hydrogen) atoms. The summed E-state index contributed by atoms with van der Waals surface area (Å²) in [5.74, 6) is 1.59. The Balaban J connectivity index is 1.33. The third kappa shape index (κ3) is 3.32. The number of aromatic nitrogens is 5. The minimum Gasteiger partial charge on any atom is -0.351 e. The Kier molecular flexibility index (Phi) is 4.90. The number of anilines is 2. The molecule has 0 aliphatic carbocycles. The highest BCUT2D eigenvalue weighted by Gasteiger charge is 2.29. The quantitative estimate of drug-likeness (QED) is 0.686. The molecule has 5 heterocycles. The third-order valence-corrected chi connectivity index (χ3v) is 6.14. The lowest BCUT2D eigenvalue weighted by atomic mass is 10.1. The molecular weight excluding hydrogens is 404 g/mol. The third-order valence-electron chi connectivity index (χ3n) is 5.86. The van der Waals surface area contributed by atoms with Crippen LogP contribution in [0, 0.1) is 0 Å². The summed E-state index contributed by atoms with van der Waals surface area (Å²) in [5.41, 5.74) is 2.07. The van der Waals surface area contributed by atoms with Gasteiger partial charge < -0.3 is 19.7 Å². The van der Waals surface area contributed by atoms with Gasteiger partial charge in [0.05, 0.1) is 16.9 Å². The number of piperazine rings is 1. The molecule has 1 unspecified atom stereocenters. The fourth-order valence-corrected chi connectivity index (χ4v) is 4.59. The number of pyridine rings is 1. The van der Waals surface area contributed by atoms with Crippen LogP contribution in [0.1, 0.15) is 30.1 Å². The van der Waals surface area contributed by atoms with E-state index in [1.54, 1.807) is 24.9 Å². The second-order valence-corrected chi connectivity index (χ2v) is 8.22. The van der Waals surface area contributed by atoms with Crippen molar-refractivity contribution in [3.05, 3.63) is 35.5 Å². The van der Waals surface area contributed by atoms with E-state index in [-0.39, 0.29) is 11.9 Å². The molecule has 3 aromatic rings. The van der Waals surface area contributed by atoms with Gasteiger partial charge >= 0.3 is 0 Å². The maximum Gasteiger partial charge on any atom is 0.255 e. The molecule has 156 valence electrons. The van der Waals surface area contributed by atoms with E-state index in [0.29, 0.717) is 16.2 Å². The van der Waals surface area contributed by atoms with Crippen LogP contribution < -0.4 is 9.80 Å². The highest BCUT2D eigenvalue weighted by Crippen LogP contribution is 2.30. The Labute approximate surface area is 179 Å². The summed E-state index contributed by atoms with van der Waals surface area (Å²) in [5, 5.41) is 0.512. The van der Waals surface area contributed by atoms with Crippen LogP contribution in [0.15, 0.2) is 24.9 Å². The number of aromatic amines is 1. The largest absolute Gasteiger partial charge is 0.351 e. The summed E-state index contributed by atoms with van der Waals surface area (Å²) in [4.78, 5) is 39.5. The van der Waals surface area contributed by atoms with Gasteiger partial charge in [-0.15, -0.1) is 0 Å². The van der Waals surface area contributed by atoms with Crippen LogP contribution in [0.3, 0.4) is 0 Å². The Morgan fingerprint density at radius 3 is 2.70 bits per heavy atom. The lowest BCUT2D eigenvalue weighted by Gasteiger charge is -2.41. The highest BCUT2D eigenvalue weighted by molar-refractivity contribution is 6.33. The number of H-pyrrole nitrogens is 1. The SMILES string of the molecule is CC1CN(c2ncnc3nc[nH]c23)CCN1c1ncc(C(=O)N2CCCC2)cc1Cl. The molecular formula is C20H23ClN8O. The van der Waals surface area contributed by atoms with E-state index in [9.17, 15) is 4.79 Å². The van der Waals surface area contributed by atoms with E-state index >= 15 is 0 Å². The topological polar surface area (TPSA) is 94.1 Å². The second-order valence-electron chi connectivity index (χ2n) is 7.82. The number of nitrogens with zero attached hydrogens (tertiary/aromatic N) is 7. The summed E-state index contributed by atoms with van der Waals surface area (Å²) >= 11 is 6.57. The maximum atomic E-state index is 12.6. The van der Waals surface area contributed by atoms with E-state index in [1.165, 1.54) is 0 Å². The highest BCUT2D eigenvalue weighted by atomic mass is 35.5. The number of carbonyl (C=O) groups excluding carboxylic acids is 1. The molecule has 2 aliphatic heterocycles. The number of hydrogen-bond acceptors (Lipinski definition) is 7. The van der Waals surface area contributed by atoms with Crippen LogP contribution in [-0.2, 0) is 0 Å². The molecule has 0 radical (unpaired) electrons. The van der Waals surface area contributed by atoms with Crippen molar-refractivity contribution in [2.24, 2.45) is 0 Å². The van der Waals surface area contributed by atoms with E-state index in [0.717, 1.165) is 62.7 Å². The number of hydrogen-bond donors (Lipinski definition) is 1. The molecule has 5 rings (SSSR count). The summed E-state index contributed by atoms with van der Waals surface area (Å²) in [7, 11) is 0. The van der Waals surface area contributed by atoms with E-state index in [1.807, 2.05) is 4.90 Å². The number of likely N-dealkylation sites (tertiary alicyclic amines) is 1. The first-order valence-electron chi connectivity index (χ1n) is 10.2. The van der Waals surface area contributed by atoms with E-state index < -0.39 is 0 Å². The van der Waals surface area contributed by atoms with Crippen molar-refractivity contribution >= 4 is 40.3 Å². The van der Waals surface area contributed by atoms with Crippen molar-refractivity contribution in [3.8, 4) is 0 Å². The Morgan fingerprint density at radius 1 is 1.10 bits per heavy atom. The van der Waals surface area contributed by atoms with Crippen LogP contribution >= 0.6 is 11.6 Å². The number of amides is 1. The first-order chi connectivity index (χ1) is 14.6. The molecule has 0 saturated carbocycles. The smallest absolute Gasteiger partial charge is 0.255 e. The Morgan fingerprint density at radius 2 is 1.93 bits per heavy atom. The van der Waals surface area contributed by atoms with Crippen molar-refractivity contribution in [1.29, 1.82) is 0 Å². The molecule has 2 aliphatic rings. The fourth-order valence-electron chi connectivity index (χ4n) is 4.32. The van der Waals surface area contributed by atoms with Gasteiger partial charge in [-0.3, -0.25) is 4.79 Å². The summed E-state index contributed by atoms with van der Waals surface area (Å²) < 4.78 is 0. The minimum atomic E-state index is 0.0126. The monoisotopic (exact) mass is 426 g/mol. The molecule has 1 atom stereocenters. The lowest BCUT2D eigenvalue weighted by molar-refractivity contribution is 0.0792. The van der Waals surface area contributed by atoms with E-state index in [2.05, 4.69) is 41.6 Å². The molecule has 3 aromatic heterocycles. The number of rotatable bonds is 3. The maximum absolute atomic E-state index is 12.6. The molecule has 2 fully saturated rings. The van der Waals surface area contributed by atoms with Gasteiger partial charge in [-0.2, -0.15) is 0 Å². The number of carbonyl (C=O) groups is 1. The number of imidazole rings is 1. The predicted octanol–water partition coefficient (Wildman–Crippen LogP) is 2.35. The second kappa shape index (κ2) is 7.71. The van der Waals surface area contributed by atoms with Crippen molar-refractivity contribution in [2.75, 3.05) is 42.5 Å². The van der Waals surface area contributed by atoms with Gasteiger partial charge in [-0.05, 0) is 25.8 Å². The number of nitrogens with one attached hydrogen (secondary N) is 1. The Hall–Kier alpha value is -2.94. The first-order valence-corrected chi connectivity index (χ1v) is 10.6. The average molecular weight is 427 g/mol. The van der Waals surface area contributed by atoms with Gasteiger partial charge in [-0.25, -0.2) is 19.9 Å². The van der Waals surface area contributed by atoms with Gasteiger partial charge in [0.1, 0.15) is 17.7 Å². The van der Waals surface area contributed by atoms with Crippen LogP contribution in [-0.4, -0.2) is 74.5 Å². The first kappa shape index (κ1) is 19.0. The van der Waals surface area contributed by atoms with Gasteiger partial charge in [-0.1, -0.05) is 11.6 Å². The predicted molar refractivity (Wildman–Crippen MR) is 115 cm³/mol. The van der Waals surface area contributed by atoms with Crippen molar-refractivity contribution in [3.63, 3.8) is 0 Å². The zero-order valence-corrected chi connectivity index (χ0v) is 17.5. The molecule has 9 nitrogen and oxygen atoms in total. The van der Waals surface area contributed by atoms with Gasteiger partial charge in [0.2, 0.25) is 0 Å². The zero-order chi connectivity index (χ0) is 20.7. The van der Waals surface area contributed by atoms with Crippen LogP contribution in [0.5, 0.6) is 0 Å². The number of fused-ring (bicyclic) bond motifs is 1. The van der Waals surface area contributed by atoms with Crippen LogP contribution in [0.25, 0.3) is 11.2 Å². The van der Waals surface area contributed by atoms with Crippen molar-refractivity contribution in [1.82, 2.24) is 29.8 Å². The molecule has 0 spiro atoms. The van der Waals surface area contributed by atoms with Crippen LogP contribution in [0.2, 0.25) is 5.02 Å². The molecule has 2 saturated heterocycles. The molecule has 1 N–H and O–H groups in total. The van der Waals surface area contributed by atoms with Crippen molar-refractivity contribution in [2.45, 2.75) is 25.8 Å². The normalized spacial score (nSPS) is 19.7. The van der Waals surface area contributed by atoms with Crippen LogP contribution in [0.4, 0.5) is 11.6 Å². The Bertz CT molecular complexity index is 1080.